The molecule has 0 aliphatic carbocycles. The third kappa shape index (κ3) is 4.43. The highest BCUT2D eigenvalue weighted by Gasteiger charge is 2.42. The van der Waals surface area contributed by atoms with Crippen LogP contribution < -0.4 is 11.1 Å². The maximum Gasteiger partial charge on any atom is 0.149 e. The molecule has 196 valence electrons. The van der Waals surface area contributed by atoms with Gasteiger partial charge in [-0.05, 0) is 79.4 Å². The number of benzene rings is 1. The van der Waals surface area contributed by atoms with Gasteiger partial charge >= 0.3 is 0 Å². The summed E-state index contributed by atoms with van der Waals surface area (Å²) in [7, 11) is 0. The fourth-order valence-electron chi connectivity index (χ4n) is 5.99. The lowest BCUT2D eigenvalue weighted by Crippen LogP contribution is -2.59. The van der Waals surface area contributed by atoms with Gasteiger partial charge in [-0.25, -0.2) is 14.4 Å². The van der Waals surface area contributed by atoms with Gasteiger partial charge in [0, 0.05) is 31.5 Å². The highest BCUT2D eigenvalue weighted by Crippen LogP contribution is 2.39. The Hall–Kier alpha value is -4.21. The van der Waals surface area contributed by atoms with E-state index in [4.69, 9.17) is 10.7 Å². The summed E-state index contributed by atoms with van der Waals surface area (Å²) in [4.78, 5) is 20.5. The van der Waals surface area contributed by atoms with Gasteiger partial charge in [-0.3, -0.25) is 19.4 Å². The quantitative estimate of drug-likeness (QED) is 0.353. The van der Waals surface area contributed by atoms with Crippen LogP contribution in [0.5, 0.6) is 0 Å². The Morgan fingerprint density at radius 1 is 0.923 bits per heavy atom. The number of hydrogen-bond donors (Lipinski definition) is 2. The molecule has 0 saturated carbocycles. The van der Waals surface area contributed by atoms with Crippen molar-refractivity contribution in [3.8, 4) is 28.5 Å². The molecule has 2 aliphatic rings. The monoisotopic (exact) mass is 520 g/mol. The molecule has 0 bridgehead atoms. The third-order valence-corrected chi connectivity index (χ3v) is 7.99. The van der Waals surface area contributed by atoms with Gasteiger partial charge in [-0.1, -0.05) is 12.1 Å². The summed E-state index contributed by atoms with van der Waals surface area (Å²) >= 11 is 0. The summed E-state index contributed by atoms with van der Waals surface area (Å²) in [6.07, 6.45) is 7.15. The fraction of sp³-hybridized carbons (Fsp3) is 0.267. The lowest BCUT2D eigenvalue weighted by molar-refractivity contribution is -0.0282. The molecule has 0 unspecified atom stereocenters. The van der Waals surface area contributed by atoms with E-state index in [1.807, 2.05) is 18.2 Å². The Balaban J connectivity index is 1.25. The van der Waals surface area contributed by atoms with E-state index in [9.17, 15) is 4.39 Å². The van der Waals surface area contributed by atoms with Crippen LogP contribution in [-0.4, -0.2) is 55.6 Å². The lowest BCUT2D eigenvalue weighted by Gasteiger charge is -2.52. The number of hydrogen-bond acceptors (Lipinski definition) is 7. The average Bonchev–Trinajstić information content (AvgIpc) is 3.32. The zero-order valence-corrected chi connectivity index (χ0v) is 21.5. The van der Waals surface area contributed by atoms with Crippen molar-refractivity contribution in [1.29, 1.82) is 0 Å². The smallest absolute Gasteiger partial charge is 0.149 e. The normalized spacial score (nSPS) is 16.9. The number of fused-ring (bicyclic) bond motifs is 1. The number of anilines is 1. The van der Waals surface area contributed by atoms with E-state index in [-0.39, 0.29) is 5.82 Å². The molecule has 5 aromatic rings. The van der Waals surface area contributed by atoms with Gasteiger partial charge in [0.1, 0.15) is 23.0 Å². The van der Waals surface area contributed by atoms with E-state index < -0.39 is 0 Å². The second-order valence-corrected chi connectivity index (χ2v) is 10.7. The first kappa shape index (κ1) is 23.9. The minimum atomic E-state index is -0.386. The van der Waals surface area contributed by atoms with Crippen molar-refractivity contribution >= 4 is 16.9 Å². The molecule has 1 aromatic carbocycles. The number of nitrogens with one attached hydrogen (secondary N) is 1. The molecule has 2 fully saturated rings. The second kappa shape index (κ2) is 9.52. The van der Waals surface area contributed by atoms with Crippen LogP contribution in [0.15, 0.2) is 73.2 Å². The molecule has 0 radical (unpaired) electrons. The van der Waals surface area contributed by atoms with Gasteiger partial charge < -0.3 is 11.1 Å². The summed E-state index contributed by atoms with van der Waals surface area (Å²) < 4.78 is 15.6. The number of likely N-dealkylation sites (tertiary alicyclic amines) is 1. The molecule has 4 aromatic heterocycles. The summed E-state index contributed by atoms with van der Waals surface area (Å²) in [6, 6.07) is 17.4. The largest absolute Gasteiger partial charge is 0.383 e. The molecule has 0 atom stereocenters. The van der Waals surface area contributed by atoms with Crippen molar-refractivity contribution in [3.05, 3.63) is 84.6 Å². The zero-order valence-electron chi connectivity index (χ0n) is 21.5. The lowest BCUT2D eigenvalue weighted by atomic mass is 9.72. The van der Waals surface area contributed by atoms with Gasteiger partial charge in [0.15, 0.2) is 0 Å². The highest BCUT2D eigenvalue weighted by molar-refractivity contribution is 5.86. The molecular formula is C30H29FN8. The number of pyridine rings is 3. The van der Waals surface area contributed by atoms with Crippen LogP contribution in [0, 0.1) is 11.2 Å². The molecule has 2 aliphatic heterocycles. The zero-order chi connectivity index (χ0) is 26.4. The van der Waals surface area contributed by atoms with Crippen LogP contribution in [0.1, 0.15) is 18.4 Å². The van der Waals surface area contributed by atoms with E-state index in [1.165, 1.54) is 43.8 Å². The van der Waals surface area contributed by atoms with Crippen molar-refractivity contribution in [2.24, 2.45) is 5.41 Å². The standard InChI is InChI=1S/C30H29FN8/c31-21-5-8-24(35-15-21)25-14-27-26(16-36-25)37-29(23-2-1-11-34-28(23)32)39(27)22-6-3-20(4-7-22)17-38-18-30(19-38)9-12-33-13-10-30/h1-8,11,14-16,33H,9-10,12-13,17-19H2,(H2,32,34). The van der Waals surface area contributed by atoms with Gasteiger partial charge in [-0.15, -0.1) is 0 Å². The van der Waals surface area contributed by atoms with E-state index in [0.29, 0.717) is 28.4 Å². The number of piperidine rings is 1. The van der Waals surface area contributed by atoms with Crippen LogP contribution in [0.3, 0.4) is 0 Å². The van der Waals surface area contributed by atoms with Crippen molar-refractivity contribution in [3.63, 3.8) is 0 Å². The van der Waals surface area contributed by atoms with Gasteiger partial charge in [0.05, 0.1) is 34.9 Å². The number of nitrogens with two attached hydrogens (primary N) is 1. The van der Waals surface area contributed by atoms with Gasteiger partial charge in [-0.2, -0.15) is 0 Å². The fourth-order valence-corrected chi connectivity index (χ4v) is 5.99. The number of imidazole rings is 1. The number of rotatable bonds is 5. The Bertz CT molecular complexity index is 1630. The number of nitrogens with zero attached hydrogens (tertiary/aromatic N) is 6. The number of nitrogen functional groups attached to an aromatic ring is 1. The average molecular weight is 521 g/mol. The second-order valence-electron chi connectivity index (χ2n) is 10.7. The van der Waals surface area contributed by atoms with E-state index in [0.717, 1.165) is 41.9 Å². The maximum absolute atomic E-state index is 13.5. The maximum atomic E-state index is 13.5. The van der Waals surface area contributed by atoms with Crippen LogP contribution in [-0.2, 0) is 6.54 Å². The molecule has 3 N–H and O–H groups in total. The van der Waals surface area contributed by atoms with E-state index in [1.54, 1.807) is 18.5 Å². The summed E-state index contributed by atoms with van der Waals surface area (Å²) in [5, 5.41) is 3.48. The first-order valence-corrected chi connectivity index (χ1v) is 13.3. The predicted octanol–water partition coefficient (Wildman–Crippen LogP) is 4.45. The first-order valence-electron chi connectivity index (χ1n) is 13.3. The minimum absolute atomic E-state index is 0.386. The van der Waals surface area contributed by atoms with Gasteiger partial charge in [0.25, 0.3) is 0 Å². The topological polar surface area (TPSA) is 97.8 Å². The Morgan fingerprint density at radius 3 is 2.46 bits per heavy atom. The van der Waals surface area contributed by atoms with Crippen molar-refractivity contribution in [1.82, 2.24) is 34.7 Å². The Morgan fingerprint density at radius 2 is 1.72 bits per heavy atom. The third-order valence-electron chi connectivity index (χ3n) is 7.99. The molecule has 6 heterocycles. The molecule has 9 heteroatoms. The molecular weight excluding hydrogens is 491 g/mol. The summed E-state index contributed by atoms with van der Waals surface area (Å²) in [6.45, 7) is 5.59. The highest BCUT2D eigenvalue weighted by atomic mass is 19.1. The van der Waals surface area contributed by atoms with E-state index in [2.05, 4.69) is 54.0 Å². The van der Waals surface area contributed by atoms with Crippen LogP contribution in [0.4, 0.5) is 10.2 Å². The summed E-state index contributed by atoms with van der Waals surface area (Å²) in [5.74, 6) is 0.706. The number of halogens is 1. The van der Waals surface area contributed by atoms with Crippen molar-refractivity contribution < 1.29 is 4.39 Å². The SMILES string of the molecule is Nc1ncccc1-c1nc2cnc(-c3ccc(F)cn3)cc2n1-c1ccc(CN2CC3(CCNCC3)C2)cc1. The Labute approximate surface area is 225 Å². The molecule has 7 rings (SSSR count). The predicted molar refractivity (Wildman–Crippen MR) is 150 cm³/mol. The van der Waals surface area contributed by atoms with Crippen molar-refractivity contribution in [2.45, 2.75) is 19.4 Å². The Kier molecular flexibility index (Phi) is 5.82. The van der Waals surface area contributed by atoms with Gasteiger partial charge in [0.2, 0.25) is 0 Å². The minimum Gasteiger partial charge on any atom is -0.383 e. The molecule has 2 saturated heterocycles. The molecule has 0 amide bonds. The van der Waals surface area contributed by atoms with Crippen molar-refractivity contribution in [2.75, 3.05) is 31.9 Å². The molecule has 1 spiro atoms. The van der Waals surface area contributed by atoms with Crippen LogP contribution in [0.25, 0.3) is 39.5 Å². The molecule has 8 nitrogen and oxygen atoms in total. The number of aromatic nitrogens is 5. The first-order chi connectivity index (χ1) is 19.1. The van der Waals surface area contributed by atoms with Crippen LogP contribution >= 0.6 is 0 Å². The molecule has 39 heavy (non-hydrogen) atoms. The van der Waals surface area contributed by atoms with Crippen LogP contribution in [0.2, 0.25) is 0 Å². The summed E-state index contributed by atoms with van der Waals surface area (Å²) in [5.41, 5.74) is 12.6. The van der Waals surface area contributed by atoms with E-state index >= 15 is 0 Å².